The highest BCUT2D eigenvalue weighted by Gasteiger charge is 2.27. The highest BCUT2D eigenvalue weighted by molar-refractivity contribution is 6.36. The molecule has 6 heteroatoms. The van der Waals surface area contributed by atoms with Crippen molar-refractivity contribution in [2.75, 3.05) is 13.7 Å². The Hall–Kier alpha value is -2.04. The largest absolute Gasteiger partial charge is 0.452 e. The van der Waals surface area contributed by atoms with E-state index in [4.69, 9.17) is 27.9 Å². The molecule has 0 radical (unpaired) electrons. The number of carbonyl (C=O) groups excluding carboxylic acids is 2. The third kappa shape index (κ3) is 4.02. The number of carbonyl (C=O) groups is 2. The number of amides is 1. The van der Waals surface area contributed by atoms with Crippen LogP contribution in [0.3, 0.4) is 0 Å². The van der Waals surface area contributed by atoms with E-state index in [0.29, 0.717) is 5.02 Å². The molecule has 0 saturated carbocycles. The van der Waals surface area contributed by atoms with Crippen LogP contribution < -0.4 is 0 Å². The first-order valence-electron chi connectivity index (χ1n) is 8.43. The number of hydrogen-bond acceptors (Lipinski definition) is 3. The van der Waals surface area contributed by atoms with E-state index in [1.807, 2.05) is 12.1 Å². The molecule has 4 nitrogen and oxygen atoms in total. The summed E-state index contributed by atoms with van der Waals surface area (Å²) < 4.78 is 5.15. The molecule has 1 aliphatic rings. The highest BCUT2D eigenvalue weighted by atomic mass is 35.5. The molecule has 0 spiro atoms. The van der Waals surface area contributed by atoms with Crippen molar-refractivity contribution in [1.29, 1.82) is 0 Å². The zero-order chi connectivity index (χ0) is 18.7. The van der Waals surface area contributed by atoms with Crippen molar-refractivity contribution in [3.8, 4) is 0 Å². The summed E-state index contributed by atoms with van der Waals surface area (Å²) >= 11 is 11.8. The molecule has 0 fully saturated rings. The van der Waals surface area contributed by atoms with Gasteiger partial charge >= 0.3 is 5.97 Å². The van der Waals surface area contributed by atoms with Gasteiger partial charge < -0.3 is 9.64 Å². The van der Waals surface area contributed by atoms with Crippen LogP contribution in [-0.2, 0) is 16.0 Å². The molecule has 0 heterocycles. The standard InChI is InChI=1S/C20H19Cl2NO3/c1-23(18-8-4-6-13-5-2-3-7-15(13)18)19(24)12-26-20(25)16-10-9-14(21)11-17(16)22/h2-3,5,7,9-11,18H,4,6,8,12H2,1H3/t18-/m1/s1. The fourth-order valence-corrected chi connectivity index (χ4v) is 3.75. The van der Waals surface area contributed by atoms with Gasteiger partial charge in [0, 0.05) is 12.1 Å². The Morgan fingerprint density at radius 2 is 1.96 bits per heavy atom. The quantitative estimate of drug-likeness (QED) is 0.710. The van der Waals surface area contributed by atoms with Gasteiger partial charge in [0.2, 0.25) is 0 Å². The SMILES string of the molecule is CN(C(=O)COC(=O)c1ccc(Cl)cc1Cl)[C@@H]1CCCc2ccccc21. The summed E-state index contributed by atoms with van der Waals surface area (Å²) in [5.41, 5.74) is 2.63. The van der Waals surface area contributed by atoms with Crippen LogP contribution in [0, 0.1) is 0 Å². The minimum absolute atomic E-state index is 0.00488. The van der Waals surface area contributed by atoms with Crippen LogP contribution in [0.5, 0.6) is 0 Å². The van der Waals surface area contributed by atoms with E-state index < -0.39 is 5.97 Å². The van der Waals surface area contributed by atoms with Crippen LogP contribution in [-0.4, -0.2) is 30.4 Å². The predicted octanol–water partition coefficient (Wildman–Crippen LogP) is 4.69. The molecular weight excluding hydrogens is 373 g/mol. The van der Waals surface area contributed by atoms with Crippen LogP contribution in [0.4, 0.5) is 0 Å². The van der Waals surface area contributed by atoms with Crippen molar-refractivity contribution < 1.29 is 14.3 Å². The summed E-state index contributed by atoms with van der Waals surface area (Å²) in [7, 11) is 1.75. The van der Waals surface area contributed by atoms with Gasteiger partial charge in [0.15, 0.2) is 6.61 Å². The number of ether oxygens (including phenoxy) is 1. The number of rotatable bonds is 4. The zero-order valence-electron chi connectivity index (χ0n) is 14.4. The van der Waals surface area contributed by atoms with E-state index in [1.54, 1.807) is 18.0 Å². The Morgan fingerprint density at radius 1 is 1.19 bits per heavy atom. The van der Waals surface area contributed by atoms with E-state index in [1.165, 1.54) is 23.3 Å². The third-order valence-electron chi connectivity index (χ3n) is 4.68. The second kappa shape index (κ2) is 8.11. The minimum atomic E-state index is -0.641. The average molecular weight is 392 g/mol. The van der Waals surface area contributed by atoms with Crippen molar-refractivity contribution in [2.24, 2.45) is 0 Å². The molecule has 0 unspecified atom stereocenters. The molecule has 1 amide bonds. The van der Waals surface area contributed by atoms with Crippen LogP contribution in [0.1, 0.15) is 40.4 Å². The number of likely N-dealkylation sites (N-methyl/N-ethyl adjacent to an activating group) is 1. The second-order valence-electron chi connectivity index (χ2n) is 6.31. The summed E-state index contributed by atoms with van der Waals surface area (Å²) in [5, 5.41) is 0.628. The summed E-state index contributed by atoms with van der Waals surface area (Å²) in [6.45, 7) is -0.326. The summed E-state index contributed by atoms with van der Waals surface area (Å²) in [4.78, 5) is 26.3. The molecular formula is C20H19Cl2NO3. The Morgan fingerprint density at radius 3 is 2.73 bits per heavy atom. The van der Waals surface area contributed by atoms with Gasteiger partial charge in [-0.25, -0.2) is 4.79 Å². The van der Waals surface area contributed by atoms with E-state index >= 15 is 0 Å². The van der Waals surface area contributed by atoms with Gasteiger partial charge in [-0.05, 0) is 48.6 Å². The summed E-state index contributed by atoms with van der Waals surface area (Å²) in [5.74, 6) is -0.886. The Bertz CT molecular complexity index is 838. The number of hydrogen-bond donors (Lipinski definition) is 0. The van der Waals surface area contributed by atoms with Crippen molar-refractivity contribution in [3.05, 3.63) is 69.2 Å². The van der Waals surface area contributed by atoms with E-state index in [0.717, 1.165) is 19.3 Å². The van der Waals surface area contributed by atoms with Crippen molar-refractivity contribution >= 4 is 35.1 Å². The molecule has 0 aromatic heterocycles. The molecule has 0 N–H and O–H groups in total. The lowest BCUT2D eigenvalue weighted by atomic mass is 9.87. The lowest BCUT2D eigenvalue weighted by Crippen LogP contribution is -2.36. The van der Waals surface area contributed by atoms with Crippen molar-refractivity contribution in [3.63, 3.8) is 0 Å². The number of aryl methyl sites for hydroxylation is 1. The molecule has 26 heavy (non-hydrogen) atoms. The molecule has 2 aromatic rings. The predicted molar refractivity (Wildman–Crippen MR) is 102 cm³/mol. The Labute approximate surface area is 162 Å². The topological polar surface area (TPSA) is 46.6 Å². The maximum Gasteiger partial charge on any atom is 0.340 e. The first kappa shape index (κ1) is 18.7. The smallest absolute Gasteiger partial charge is 0.340 e. The van der Waals surface area contributed by atoms with Gasteiger partial charge in [-0.3, -0.25) is 4.79 Å². The van der Waals surface area contributed by atoms with Crippen molar-refractivity contribution in [2.45, 2.75) is 25.3 Å². The van der Waals surface area contributed by atoms with Crippen LogP contribution in [0.2, 0.25) is 10.0 Å². The van der Waals surface area contributed by atoms with Crippen molar-refractivity contribution in [1.82, 2.24) is 4.90 Å². The Balaban J connectivity index is 1.64. The van der Waals surface area contributed by atoms with Gasteiger partial charge in [-0.2, -0.15) is 0 Å². The number of nitrogens with zero attached hydrogens (tertiary/aromatic N) is 1. The van der Waals surface area contributed by atoms with Crippen LogP contribution in [0.15, 0.2) is 42.5 Å². The van der Waals surface area contributed by atoms with Gasteiger partial charge in [0.1, 0.15) is 0 Å². The molecule has 3 rings (SSSR count). The molecule has 1 aliphatic carbocycles. The minimum Gasteiger partial charge on any atom is -0.452 e. The van der Waals surface area contributed by atoms with E-state index in [2.05, 4.69) is 12.1 Å². The third-order valence-corrected chi connectivity index (χ3v) is 5.22. The lowest BCUT2D eigenvalue weighted by Gasteiger charge is -2.33. The highest BCUT2D eigenvalue weighted by Crippen LogP contribution is 2.33. The van der Waals surface area contributed by atoms with Gasteiger partial charge in [0.05, 0.1) is 16.6 Å². The molecule has 0 bridgehead atoms. The van der Waals surface area contributed by atoms with Crippen LogP contribution >= 0.6 is 23.2 Å². The molecule has 0 saturated heterocycles. The first-order valence-corrected chi connectivity index (χ1v) is 9.18. The molecule has 0 aliphatic heterocycles. The van der Waals surface area contributed by atoms with Gasteiger partial charge in [-0.15, -0.1) is 0 Å². The van der Waals surface area contributed by atoms with Gasteiger partial charge in [-0.1, -0.05) is 47.5 Å². The number of halogens is 2. The number of esters is 1. The zero-order valence-corrected chi connectivity index (χ0v) is 15.9. The van der Waals surface area contributed by atoms with Crippen LogP contribution in [0.25, 0.3) is 0 Å². The lowest BCUT2D eigenvalue weighted by molar-refractivity contribution is -0.135. The fraction of sp³-hybridized carbons (Fsp3) is 0.300. The average Bonchev–Trinajstić information content (AvgIpc) is 2.64. The first-order chi connectivity index (χ1) is 12.5. The van der Waals surface area contributed by atoms with Gasteiger partial charge in [0.25, 0.3) is 5.91 Å². The molecule has 136 valence electrons. The maximum atomic E-state index is 12.5. The number of benzene rings is 2. The molecule has 2 aromatic carbocycles. The Kier molecular flexibility index (Phi) is 5.84. The number of fused-ring (bicyclic) bond motifs is 1. The monoisotopic (exact) mass is 391 g/mol. The summed E-state index contributed by atoms with van der Waals surface area (Å²) in [6, 6.07) is 12.7. The molecule has 1 atom stereocenters. The fourth-order valence-electron chi connectivity index (χ4n) is 3.27. The second-order valence-corrected chi connectivity index (χ2v) is 7.16. The van der Waals surface area contributed by atoms with E-state index in [-0.39, 0.29) is 29.1 Å². The van der Waals surface area contributed by atoms with E-state index in [9.17, 15) is 9.59 Å². The maximum absolute atomic E-state index is 12.5. The normalized spacial score (nSPS) is 15.9. The summed E-state index contributed by atoms with van der Waals surface area (Å²) in [6.07, 6.45) is 2.95.